The Balaban J connectivity index is 1.36. The number of nitrogens with zero attached hydrogens (tertiary/aromatic N) is 6. The Labute approximate surface area is 224 Å². The van der Waals surface area contributed by atoms with Crippen LogP contribution in [0, 0.1) is 0 Å². The summed E-state index contributed by atoms with van der Waals surface area (Å²) in [5, 5.41) is 0.982. The van der Waals surface area contributed by atoms with Gasteiger partial charge in [0.1, 0.15) is 18.1 Å². The smallest absolute Gasteiger partial charge is 0.320 e. The number of hydrogen-bond donors (Lipinski definition) is 1. The van der Waals surface area contributed by atoms with Gasteiger partial charge in [-0.2, -0.15) is 9.97 Å². The molecular formula is C29H37N7O2. The molecule has 0 saturated carbocycles. The van der Waals surface area contributed by atoms with Gasteiger partial charge in [0.2, 0.25) is 5.91 Å². The lowest BCUT2D eigenvalue weighted by atomic mass is 9.93. The fourth-order valence-electron chi connectivity index (χ4n) is 6.02. The van der Waals surface area contributed by atoms with Crippen LogP contribution in [0.15, 0.2) is 36.9 Å². The number of nitrogens with one attached hydrogen (secondary N) is 1. The minimum Gasteiger partial charge on any atom is -0.462 e. The van der Waals surface area contributed by atoms with Crippen molar-refractivity contribution in [3.05, 3.63) is 48.0 Å². The Bertz CT molecular complexity index is 1340. The summed E-state index contributed by atoms with van der Waals surface area (Å²) < 4.78 is 6.20. The van der Waals surface area contributed by atoms with Crippen molar-refractivity contribution >= 4 is 22.8 Å². The van der Waals surface area contributed by atoms with Gasteiger partial charge in [-0.15, -0.1) is 0 Å². The second-order valence-electron chi connectivity index (χ2n) is 10.8. The molecule has 0 spiro atoms. The molecule has 6 rings (SSSR count). The van der Waals surface area contributed by atoms with Crippen LogP contribution in [0.2, 0.25) is 0 Å². The number of likely N-dealkylation sites (N-methyl/N-ethyl adjacent to an activating group) is 2. The third-order valence-corrected chi connectivity index (χ3v) is 8.34. The lowest BCUT2D eigenvalue weighted by Crippen LogP contribution is -2.48. The molecule has 0 radical (unpaired) electrons. The molecule has 0 bridgehead atoms. The Morgan fingerprint density at radius 2 is 2.00 bits per heavy atom. The van der Waals surface area contributed by atoms with Gasteiger partial charge in [-0.3, -0.25) is 4.79 Å². The fourth-order valence-corrected chi connectivity index (χ4v) is 6.02. The van der Waals surface area contributed by atoms with Crippen molar-refractivity contribution in [1.29, 1.82) is 0 Å². The van der Waals surface area contributed by atoms with Crippen molar-refractivity contribution in [2.75, 3.05) is 64.9 Å². The number of anilines is 1. The predicted octanol–water partition coefficient (Wildman–Crippen LogP) is 2.92. The third kappa shape index (κ3) is 4.76. The molecule has 3 aliphatic heterocycles. The van der Waals surface area contributed by atoms with E-state index in [4.69, 9.17) is 14.7 Å². The molecule has 38 heavy (non-hydrogen) atoms. The van der Waals surface area contributed by atoms with Crippen LogP contribution in [-0.4, -0.2) is 102 Å². The Morgan fingerprint density at radius 1 is 1.16 bits per heavy atom. The van der Waals surface area contributed by atoms with Gasteiger partial charge in [-0.25, -0.2) is 0 Å². The van der Waals surface area contributed by atoms with Crippen LogP contribution in [0.5, 0.6) is 6.01 Å². The number of piperazine rings is 1. The maximum atomic E-state index is 12.1. The molecule has 3 aliphatic rings. The molecule has 9 nitrogen and oxygen atoms in total. The first-order chi connectivity index (χ1) is 18.5. The highest BCUT2D eigenvalue weighted by atomic mass is 16.5. The van der Waals surface area contributed by atoms with Gasteiger partial charge in [0, 0.05) is 56.6 Å². The highest BCUT2D eigenvalue weighted by Gasteiger charge is 2.26. The lowest BCUT2D eigenvalue weighted by Gasteiger charge is -2.35. The van der Waals surface area contributed by atoms with E-state index < -0.39 is 0 Å². The molecule has 1 atom stereocenters. The zero-order valence-electron chi connectivity index (χ0n) is 22.4. The minimum absolute atomic E-state index is 0.0232. The number of rotatable bonds is 6. The molecule has 200 valence electrons. The Hall–Kier alpha value is -3.43. The molecule has 2 aromatic heterocycles. The number of hydrogen-bond acceptors (Lipinski definition) is 7. The Morgan fingerprint density at radius 3 is 2.76 bits per heavy atom. The maximum Gasteiger partial charge on any atom is 0.320 e. The predicted molar refractivity (Wildman–Crippen MR) is 149 cm³/mol. The van der Waals surface area contributed by atoms with E-state index >= 15 is 0 Å². The van der Waals surface area contributed by atoms with Gasteiger partial charge in [0.05, 0.1) is 5.39 Å². The molecule has 2 saturated heterocycles. The van der Waals surface area contributed by atoms with Gasteiger partial charge in [0.25, 0.3) is 0 Å². The number of H-pyrrole nitrogens is 1. The van der Waals surface area contributed by atoms with Gasteiger partial charge < -0.3 is 29.3 Å². The number of aromatic amines is 1. The first kappa shape index (κ1) is 24.9. The van der Waals surface area contributed by atoms with Crippen molar-refractivity contribution in [3.8, 4) is 17.3 Å². The quantitative estimate of drug-likeness (QED) is 0.506. The number of carbonyl (C=O) groups excluding carboxylic acids is 1. The molecular weight excluding hydrogens is 478 g/mol. The van der Waals surface area contributed by atoms with E-state index in [-0.39, 0.29) is 5.91 Å². The summed E-state index contributed by atoms with van der Waals surface area (Å²) in [7, 11) is 4.33. The molecule has 2 fully saturated rings. The Kier molecular flexibility index (Phi) is 6.80. The number of likely N-dealkylation sites (tertiary alicyclic amines) is 1. The molecule has 3 aromatic rings. The standard InChI is InChI=1S/C29H37N7O2/c1-4-26(37)35-13-15-36(16-14-35)28-23-17-25(22-9-5-7-20-10-12-33(2)18-24(20)22)30-27(23)31-29(32-28)38-19-21-8-6-11-34(21)3/h4-5,7,9,17,21H,1,6,8,10-16,18-19H2,2-3H3,(H,30,31,32)/t21-/m0/s1. The molecule has 5 heterocycles. The van der Waals surface area contributed by atoms with E-state index in [0.717, 1.165) is 55.0 Å². The number of amides is 1. The molecule has 0 aliphatic carbocycles. The first-order valence-corrected chi connectivity index (χ1v) is 13.7. The molecule has 9 heteroatoms. The van der Waals surface area contributed by atoms with Crippen molar-refractivity contribution < 1.29 is 9.53 Å². The topological polar surface area (TPSA) is 80.8 Å². The van der Waals surface area contributed by atoms with Crippen molar-refractivity contribution in [3.63, 3.8) is 0 Å². The number of ether oxygens (including phenoxy) is 1. The highest BCUT2D eigenvalue weighted by Crippen LogP contribution is 2.35. The average Bonchev–Trinajstić information content (AvgIpc) is 3.56. The summed E-state index contributed by atoms with van der Waals surface area (Å²) >= 11 is 0. The van der Waals surface area contributed by atoms with Crippen LogP contribution < -0.4 is 9.64 Å². The van der Waals surface area contributed by atoms with Crippen LogP contribution in [0.4, 0.5) is 5.82 Å². The van der Waals surface area contributed by atoms with E-state index in [1.54, 1.807) is 0 Å². The van der Waals surface area contributed by atoms with E-state index in [2.05, 4.69) is 64.6 Å². The van der Waals surface area contributed by atoms with E-state index in [1.165, 1.54) is 29.2 Å². The molecule has 1 amide bonds. The monoisotopic (exact) mass is 515 g/mol. The van der Waals surface area contributed by atoms with Crippen LogP contribution in [0.1, 0.15) is 24.0 Å². The summed E-state index contributed by atoms with van der Waals surface area (Å²) in [5.41, 5.74) is 5.84. The largest absolute Gasteiger partial charge is 0.462 e. The number of fused-ring (bicyclic) bond motifs is 2. The van der Waals surface area contributed by atoms with E-state index in [9.17, 15) is 4.79 Å². The average molecular weight is 516 g/mol. The van der Waals surface area contributed by atoms with E-state index in [1.807, 2.05) is 4.90 Å². The maximum absolute atomic E-state index is 12.1. The summed E-state index contributed by atoms with van der Waals surface area (Å²) in [6.07, 6.45) is 4.78. The van der Waals surface area contributed by atoms with Crippen LogP contribution in [-0.2, 0) is 17.8 Å². The summed E-state index contributed by atoms with van der Waals surface area (Å²) in [6, 6.07) is 9.57. The van der Waals surface area contributed by atoms with Crippen LogP contribution in [0.3, 0.4) is 0 Å². The second-order valence-corrected chi connectivity index (χ2v) is 10.8. The number of carbonyl (C=O) groups is 1. The van der Waals surface area contributed by atoms with Gasteiger partial charge in [0.15, 0.2) is 0 Å². The highest BCUT2D eigenvalue weighted by molar-refractivity contribution is 5.93. The minimum atomic E-state index is -0.0232. The van der Waals surface area contributed by atoms with Crippen molar-refractivity contribution in [2.24, 2.45) is 0 Å². The number of aromatic nitrogens is 3. The lowest BCUT2D eigenvalue weighted by molar-refractivity contribution is -0.126. The number of benzene rings is 1. The third-order valence-electron chi connectivity index (χ3n) is 8.34. The zero-order chi connectivity index (χ0) is 26.2. The van der Waals surface area contributed by atoms with E-state index in [0.29, 0.717) is 44.8 Å². The summed E-state index contributed by atoms with van der Waals surface area (Å²) in [6.45, 7) is 9.99. The van der Waals surface area contributed by atoms with Gasteiger partial charge in [-0.1, -0.05) is 24.8 Å². The SMILES string of the molecule is C=CC(=O)N1CCN(c2nc(OC[C@@H]3CCCN3C)nc3[nH]c(-c4cccc5c4CN(C)CC5)cc23)CC1. The molecule has 0 unspecified atom stereocenters. The van der Waals surface area contributed by atoms with Crippen LogP contribution >= 0.6 is 0 Å². The van der Waals surface area contributed by atoms with Gasteiger partial charge >= 0.3 is 6.01 Å². The zero-order valence-corrected chi connectivity index (χ0v) is 22.4. The van der Waals surface area contributed by atoms with Crippen molar-refractivity contribution in [1.82, 2.24) is 29.7 Å². The van der Waals surface area contributed by atoms with Crippen molar-refractivity contribution in [2.45, 2.75) is 31.8 Å². The van der Waals surface area contributed by atoms with Crippen LogP contribution in [0.25, 0.3) is 22.3 Å². The molecule has 1 N–H and O–H groups in total. The fraction of sp³-hybridized carbons (Fsp3) is 0.483. The van der Waals surface area contributed by atoms with Gasteiger partial charge in [-0.05, 0) is 63.2 Å². The molecule has 1 aromatic carbocycles. The second kappa shape index (κ2) is 10.4. The first-order valence-electron chi connectivity index (χ1n) is 13.7. The summed E-state index contributed by atoms with van der Waals surface area (Å²) in [5.74, 6) is 0.838. The summed E-state index contributed by atoms with van der Waals surface area (Å²) in [4.78, 5) is 34.3. The normalized spacial score (nSPS) is 20.6.